The second-order valence-electron chi connectivity index (χ2n) is 5.29. The number of methoxy groups -OCH3 is 1. The van der Waals surface area contributed by atoms with Crippen molar-refractivity contribution in [3.63, 3.8) is 0 Å². The van der Waals surface area contributed by atoms with E-state index in [4.69, 9.17) is 10.5 Å². The van der Waals surface area contributed by atoms with Crippen molar-refractivity contribution in [3.05, 3.63) is 0 Å². The number of hydrogen-bond donors (Lipinski definition) is 3. The van der Waals surface area contributed by atoms with Crippen LogP contribution < -0.4 is 11.1 Å². The van der Waals surface area contributed by atoms with Gasteiger partial charge in [-0.25, -0.2) is 4.79 Å². The molecule has 6 nitrogen and oxygen atoms in total. The normalized spacial score (nSPS) is 28.7. The van der Waals surface area contributed by atoms with Crippen LogP contribution in [0.15, 0.2) is 0 Å². The molecule has 1 aliphatic rings. The average Bonchev–Trinajstić information content (AvgIpc) is 2.39. The highest BCUT2D eigenvalue weighted by atomic mass is 16.5. The highest BCUT2D eigenvalue weighted by molar-refractivity contribution is 5.89. The zero-order valence-electron chi connectivity index (χ0n) is 11.6. The van der Waals surface area contributed by atoms with Gasteiger partial charge in [0.15, 0.2) is 0 Å². The van der Waals surface area contributed by atoms with Crippen LogP contribution in [0.3, 0.4) is 0 Å². The smallest absolute Gasteiger partial charge is 0.329 e. The predicted octanol–water partition coefficient (Wildman–Crippen LogP) is 0.500. The van der Waals surface area contributed by atoms with Crippen molar-refractivity contribution in [2.24, 2.45) is 11.7 Å². The van der Waals surface area contributed by atoms with Gasteiger partial charge in [-0.3, -0.25) is 4.79 Å². The van der Waals surface area contributed by atoms with Gasteiger partial charge >= 0.3 is 5.97 Å². The van der Waals surface area contributed by atoms with Gasteiger partial charge in [-0.2, -0.15) is 0 Å². The third-order valence-corrected chi connectivity index (χ3v) is 3.99. The maximum absolute atomic E-state index is 11.9. The molecular weight excluding hydrogens is 248 g/mol. The molecule has 1 rings (SSSR count). The zero-order chi connectivity index (χ0) is 14.5. The summed E-state index contributed by atoms with van der Waals surface area (Å²) >= 11 is 0. The molecule has 0 radical (unpaired) electrons. The van der Waals surface area contributed by atoms with Gasteiger partial charge in [0.05, 0.1) is 6.61 Å². The van der Waals surface area contributed by atoms with E-state index in [1.807, 2.05) is 0 Å². The quantitative estimate of drug-likeness (QED) is 0.653. The minimum absolute atomic E-state index is 0.0825. The van der Waals surface area contributed by atoms with Crippen LogP contribution >= 0.6 is 0 Å². The van der Waals surface area contributed by atoms with E-state index in [0.29, 0.717) is 18.8 Å². The number of ether oxygens (including phenoxy) is 1. The van der Waals surface area contributed by atoms with E-state index in [1.165, 1.54) is 7.11 Å². The number of nitrogens with one attached hydrogen (secondary N) is 1. The fourth-order valence-electron chi connectivity index (χ4n) is 2.55. The van der Waals surface area contributed by atoms with Crippen LogP contribution in [0.25, 0.3) is 0 Å². The molecule has 1 atom stereocenters. The SMILES string of the molecule is CCC1CCC(NC(=O)C(N)COC)(C(=O)O)CC1. The molecule has 0 aromatic carbocycles. The van der Waals surface area contributed by atoms with E-state index in [2.05, 4.69) is 12.2 Å². The Labute approximate surface area is 113 Å². The highest BCUT2D eigenvalue weighted by Gasteiger charge is 2.43. The lowest BCUT2D eigenvalue weighted by Crippen LogP contribution is -2.60. The second kappa shape index (κ2) is 6.86. The van der Waals surface area contributed by atoms with Crippen LogP contribution in [-0.2, 0) is 14.3 Å². The Bertz CT molecular complexity index is 325. The first-order chi connectivity index (χ1) is 8.95. The number of carbonyl (C=O) groups is 2. The molecule has 0 heterocycles. The third-order valence-electron chi connectivity index (χ3n) is 3.99. The monoisotopic (exact) mass is 272 g/mol. The van der Waals surface area contributed by atoms with Crippen molar-refractivity contribution in [2.75, 3.05) is 13.7 Å². The van der Waals surface area contributed by atoms with Gasteiger partial charge in [0.2, 0.25) is 5.91 Å². The maximum Gasteiger partial charge on any atom is 0.329 e. The molecule has 0 aliphatic heterocycles. The number of carbonyl (C=O) groups excluding carboxylic acids is 1. The molecule has 1 fully saturated rings. The first-order valence-corrected chi connectivity index (χ1v) is 6.75. The lowest BCUT2D eigenvalue weighted by molar-refractivity contribution is -0.150. The first kappa shape index (κ1) is 15.9. The van der Waals surface area contributed by atoms with Gasteiger partial charge in [-0.1, -0.05) is 13.3 Å². The molecule has 0 bridgehead atoms. The largest absolute Gasteiger partial charge is 0.480 e. The standard InChI is InChI=1S/C13H24N2O4/c1-3-9-4-6-13(7-5-9,12(17)18)15-11(16)10(14)8-19-2/h9-10H,3-8,14H2,1-2H3,(H,15,16)(H,17,18). The van der Waals surface area contributed by atoms with Crippen LogP contribution in [0.4, 0.5) is 0 Å². The molecule has 110 valence electrons. The summed E-state index contributed by atoms with van der Waals surface area (Å²) in [7, 11) is 1.45. The summed E-state index contributed by atoms with van der Waals surface area (Å²) in [5, 5.41) is 12.0. The van der Waals surface area contributed by atoms with Gasteiger partial charge in [0.1, 0.15) is 11.6 Å². The Kier molecular flexibility index (Phi) is 5.75. The van der Waals surface area contributed by atoms with Crippen LogP contribution in [0.2, 0.25) is 0 Å². The van der Waals surface area contributed by atoms with Crippen molar-refractivity contribution in [1.29, 1.82) is 0 Å². The summed E-state index contributed by atoms with van der Waals surface area (Å²) in [5.74, 6) is -0.878. The van der Waals surface area contributed by atoms with Gasteiger partial charge in [0.25, 0.3) is 0 Å². The van der Waals surface area contributed by atoms with E-state index < -0.39 is 23.5 Å². The highest BCUT2D eigenvalue weighted by Crippen LogP contribution is 2.34. The summed E-state index contributed by atoms with van der Waals surface area (Å²) < 4.78 is 4.81. The number of aliphatic carboxylic acids is 1. The minimum atomic E-state index is -1.16. The molecular formula is C13H24N2O4. The molecule has 4 N–H and O–H groups in total. The van der Waals surface area contributed by atoms with Crippen LogP contribution in [0.5, 0.6) is 0 Å². The summed E-state index contributed by atoms with van der Waals surface area (Å²) in [4.78, 5) is 23.4. The molecule has 1 saturated carbocycles. The van der Waals surface area contributed by atoms with E-state index in [0.717, 1.165) is 19.3 Å². The van der Waals surface area contributed by atoms with E-state index in [1.54, 1.807) is 0 Å². The molecule has 0 aromatic rings. The Morgan fingerprint density at radius 1 is 1.47 bits per heavy atom. The average molecular weight is 272 g/mol. The first-order valence-electron chi connectivity index (χ1n) is 6.75. The second-order valence-corrected chi connectivity index (χ2v) is 5.29. The third kappa shape index (κ3) is 3.91. The van der Waals surface area contributed by atoms with Crippen LogP contribution in [0.1, 0.15) is 39.0 Å². The molecule has 0 saturated heterocycles. The molecule has 1 aliphatic carbocycles. The summed E-state index contributed by atoms with van der Waals surface area (Å²) in [5.41, 5.74) is 4.47. The minimum Gasteiger partial charge on any atom is -0.480 e. The van der Waals surface area contributed by atoms with Crippen LogP contribution in [-0.4, -0.2) is 42.3 Å². The van der Waals surface area contributed by atoms with Gasteiger partial charge in [-0.05, 0) is 31.6 Å². The number of rotatable bonds is 6. The molecule has 0 spiro atoms. The Morgan fingerprint density at radius 2 is 2.05 bits per heavy atom. The number of carboxylic acids is 1. The summed E-state index contributed by atoms with van der Waals surface area (Å²) in [6.45, 7) is 2.19. The zero-order valence-corrected chi connectivity index (χ0v) is 11.6. The van der Waals surface area contributed by atoms with Gasteiger partial charge in [0, 0.05) is 7.11 Å². The Balaban J connectivity index is 2.68. The number of carboxylic acid groups (broad SMARTS) is 1. The maximum atomic E-state index is 11.9. The fraction of sp³-hybridized carbons (Fsp3) is 0.846. The van der Waals surface area contributed by atoms with Crippen molar-refractivity contribution in [1.82, 2.24) is 5.32 Å². The summed E-state index contributed by atoms with van der Waals surface area (Å²) in [6, 6.07) is -0.829. The number of amides is 1. The lowest BCUT2D eigenvalue weighted by Gasteiger charge is -2.37. The number of nitrogens with two attached hydrogens (primary N) is 1. The fourth-order valence-corrected chi connectivity index (χ4v) is 2.55. The molecule has 6 heteroatoms. The Hall–Kier alpha value is -1.14. The van der Waals surface area contributed by atoms with E-state index >= 15 is 0 Å². The molecule has 19 heavy (non-hydrogen) atoms. The summed E-state index contributed by atoms with van der Waals surface area (Å²) in [6.07, 6.45) is 3.62. The topological polar surface area (TPSA) is 102 Å². The Morgan fingerprint density at radius 3 is 2.47 bits per heavy atom. The van der Waals surface area contributed by atoms with Gasteiger partial charge < -0.3 is 20.9 Å². The molecule has 0 aromatic heterocycles. The van der Waals surface area contributed by atoms with Crippen molar-refractivity contribution >= 4 is 11.9 Å². The van der Waals surface area contributed by atoms with Crippen LogP contribution in [0, 0.1) is 5.92 Å². The van der Waals surface area contributed by atoms with Crippen molar-refractivity contribution < 1.29 is 19.4 Å². The lowest BCUT2D eigenvalue weighted by atomic mass is 9.75. The van der Waals surface area contributed by atoms with E-state index in [-0.39, 0.29) is 6.61 Å². The molecule has 1 unspecified atom stereocenters. The number of hydrogen-bond acceptors (Lipinski definition) is 4. The van der Waals surface area contributed by atoms with Gasteiger partial charge in [-0.15, -0.1) is 0 Å². The molecule has 1 amide bonds. The van der Waals surface area contributed by atoms with Crippen molar-refractivity contribution in [3.8, 4) is 0 Å². The van der Waals surface area contributed by atoms with E-state index in [9.17, 15) is 14.7 Å². The van der Waals surface area contributed by atoms with Crippen molar-refractivity contribution in [2.45, 2.75) is 50.6 Å². The predicted molar refractivity (Wildman–Crippen MR) is 70.6 cm³/mol.